The van der Waals surface area contributed by atoms with Gasteiger partial charge in [-0.3, -0.25) is 4.79 Å². The molecule has 0 atom stereocenters. The van der Waals surface area contributed by atoms with Crippen LogP contribution in [0.2, 0.25) is 0 Å². The van der Waals surface area contributed by atoms with Crippen molar-refractivity contribution in [3.05, 3.63) is 66.2 Å². The molecule has 0 saturated heterocycles. The van der Waals surface area contributed by atoms with E-state index in [2.05, 4.69) is 10.5 Å². The van der Waals surface area contributed by atoms with Crippen LogP contribution in [0.4, 0.5) is 11.6 Å². The Morgan fingerprint density at radius 3 is 2.43 bits per heavy atom. The van der Waals surface area contributed by atoms with Crippen LogP contribution in [-0.4, -0.2) is 18.2 Å². The number of benzene rings is 2. The van der Waals surface area contributed by atoms with E-state index in [0.717, 1.165) is 22.5 Å². The number of ether oxygens (including phenoxy) is 1. The van der Waals surface area contributed by atoms with E-state index in [1.165, 1.54) is 0 Å². The first-order chi connectivity index (χ1) is 11.4. The summed E-state index contributed by atoms with van der Waals surface area (Å²) in [6.07, 6.45) is 0.516. The van der Waals surface area contributed by atoms with E-state index in [1.54, 1.807) is 0 Å². The predicted molar refractivity (Wildman–Crippen MR) is 87.4 cm³/mol. The maximum atomic E-state index is 10.4. The van der Waals surface area contributed by atoms with E-state index in [9.17, 15) is 4.79 Å². The lowest BCUT2D eigenvalue weighted by molar-refractivity contribution is -0.128. The largest absolute Gasteiger partial charge is 0.468 e. The number of nitrogens with zero attached hydrogens (tertiary/aromatic N) is 1. The smallest absolute Gasteiger partial charge is 0.293 e. The summed E-state index contributed by atoms with van der Waals surface area (Å²) in [5.41, 5.74) is 3.49. The Balaban J connectivity index is 1.92. The minimum absolute atomic E-state index is 0.272. The van der Waals surface area contributed by atoms with Crippen molar-refractivity contribution in [2.75, 3.05) is 11.9 Å². The molecular weight excluding hydrogens is 292 g/mol. The van der Waals surface area contributed by atoms with Crippen molar-refractivity contribution in [1.82, 2.24) is 5.16 Å². The molecular formula is C18H16N2O3. The maximum Gasteiger partial charge on any atom is 0.293 e. The zero-order chi connectivity index (χ0) is 15.9. The first-order valence-corrected chi connectivity index (χ1v) is 7.30. The third kappa shape index (κ3) is 3.58. The van der Waals surface area contributed by atoms with E-state index in [4.69, 9.17) is 9.26 Å². The number of carbonyl (C=O) groups excluding carboxylic acids is 1. The monoisotopic (exact) mass is 308 g/mol. The number of carbonyl (C=O) groups is 1. The van der Waals surface area contributed by atoms with Gasteiger partial charge in [-0.1, -0.05) is 53.7 Å². The molecule has 0 unspecified atom stereocenters. The van der Waals surface area contributed by atoms with Crippen molar-refractivity contribution in [2.45, 2.75) is 6.42 Å². The van der Waals surface area contributed by atoms with Gasteiger partial charge in [0.25, 0.3) is 6.47 Å². The molecule has 5 heteroatoms. The van der Waals surface area contributed by atoms with Gasteiger partial charge in [0, 0.05) is 23.2 Å². The van der Waals surface area contributed by atoms with E-state index in [1.807, 2.05) is 60.7 Å². The molecule has 23 heavy (non-hydrogen) atoms. The zero-order valence-electron chi connectivity index (χ0n) is 12.4. The first kappa shape index (κ1) is 14.8. The Morgan fingerprint density at radius 2 is 1.74 bits per heavy atom. The SMILES string of the molecule is O=COCCc1c(-c2ccccc2)noc1Nc1ccccc1. The molecule has 0 saturated carbocycles. The predicted octanol–water partition coefficient (Wildman–Crippen LogP) is 3.80. The highest BCUT2D eigenvalue weighted by Gasteiger charge is 2.17. The molecule has 0 bridgehead atoms. The fourth-order valence-electron chi connectivity index (χ4n) is 2.32. The number of hydrogen-bond acceptors (Lipinski definition) is 5. The molecule has 1 N–H and O–H groups in total. The van der Waals surface area contributed by atoms with Crippen LogP contribution >= 0.6 is 0 Å². The molecule has 3 rings (SSSR count). The van der Waals surface area contributed by atoms with E-state index < -0.39 is 0 Å². The molecule has 0 spiro atoms. The molecule has 0 radical (unpaired) electrons. The lowest BCUT2D eigenvalue weighted by Gasteiger charge is -2.06. The van der Waals surface area contributed by atoms with Gasteiger partial charge in [-0.15, -0.1) is 0 Å². The Hall–Kier alpha value is -3.08. The number of hydrogen-bond donors (Lipinski definition) is 1. The average Bonchev–Trinajstić information content (AvgIpc) is 3.00. The van der Waals surface area contributed by atoms with Crippen LogP contribution in [0, 0.1) is 0 Å². The second kappa shape index (κ2) is 7.26. The lowest BCUT2D eigenvalue weighted by atomic mass is 10.1. The molecule has 1 heterocycles. The second-order valence-electron chi connectivity index (χ2n) is 4.91. The Labute approximate surface area is 133 Å². The highest BCUT2D eigenvalue weighted by molar-refractivity contribution is 5.70. The fourth-order valence-corrected chi connectivity index (χ4v) is 2.32. The van der Waals surface area contributed by atoms with Crippen molar-refractivity contribution in [2.24, 2.45) is 0 Å². The van der Waals surface area contributed by atoms with Crippen LogP contribution in [0.25, 0.3) is 11.3 Å². The Bertz CT molecular complexity index is 754. The molecule has 116 valence electrons. The first-order valence-electron chi connectivity index (χ1n) is 7.30. The zero-order valence-corrected chi connectivity index (χ0v) is 12.4. The Morgan fingerprint density at radius 1 is 1.04 bits per heavy atom. The molecule has 0 aliphatic carbocycles. The highest BCUT2D eigenvalue weighted by Crippen LogP contribution is 2.31. The fraction of sp³-hybridized carbons (Fsp3) is 0.111. The summed E-state index contributed by atoms with van der Waals surface area (Å²) in [5.74, 6) is 0.560. The molecule has 3 aromatic rings. The van der Waals surface area contributed by atoms with Crippen molar-refractivity contribution in [3.63, 3.8) is 0 Å². The summed E-state index contributed by atoms with van der Waals surface area (Å²) in [6.45, 7) is 0.716. The highest BCUT2D eigenvalue weighted by atomic mass is 16.5. The third-order valence-corrected chi connectivity index (χ3v) is 3.40. The standard InChI is InChI=1S/C18H16N2O3/c21-13-22-12-11-16-17(14-7-3-1-4-8-14)20-23-18(16)19-15-9-5-2-6-10-15/h1-10,13,19H,11-12H2. The number of rotatable bonds is 7. The van der Waals surface area contributed by atoms with Crippen molar-refractivity contribution in [1.29, 1.82) is 0 Å². The van der Waals surface area contributed by atoms with Gasteiger partial charge < -0.3 is 14.6 Å². The van der Waals surface area contributed by atoms with Crippen molar-refractivity contribution < 1.29 is 14.1 Å². The molecule has 0 fully saturated rings. The van der Waals surface area contributed by atoms with E-state index in [-0.39, 0.29) is 6.61 Å². The van der Waals surface area contributed by atoms with Gasteiger partial charge in [0.1, 0.15) is 5.69 Å². The van der Waals surface area contributed by atoms with Crippen LogP contribution in [0.15, 0.2) is 65.2 Å². The second-order valence-corrected chi connectivity index (χ2v) is 4.91. The van der Waals surface area contributed by atoms with E-state index >= 15 is 0 Å². The summed E-state index contributed by atoms with van der Waals surface area (Å²) in [5, 5.41) is 7.40. The average molecular weight is 308 g/mol. The number of nitrogens with one attached hydrogen (secondary N) is 1. The number of anilines is 2. The lowest BCUT2D eigenvalue weighted by Crippen LogP contribution is -2.00. The van der Waals surface area contributed by atoms with Gasteiger partial charge in [0.05, 0.1) is 6.61 Å². The van der Waals surface area contributed by atoms with Gasteiger partial charge in [0.15, 0.2) is 0 Å². The van der Waals surface area contributed by atoms with Crippen LogP contribution in [0.5, 0.6) is 0 Å². The van der Waals surface area contributed by atoms with Gasteiger partial charge >= 0.3 is 0 Å². The van der Waals surface area contributed by atoms with Gasteiger partial charge in [-0.25, -0.2) is 0 Å². The number of aromatic nitrogens is 1. The van der Waals surface area contributed by atoms with Crippen LogP contribution in [-0.2, 0) is 16.0 Å². The van der Waals surface area contributed by atoms with Gasteiger partial charge in [-0.2, -0.15) is 0 Å². The molecule has 1 aromatic heterocycles. The van der Waals surface area contributed by atoms with Crippen molar-refractivity contribution in [3.8, 4) is 11.3 Å². The quantitative estimate of drug-likeness (QED) is 0.531. The van der Waals surface area contributed by atoms with Crippen LogP contribution < -0.4 is 5.32 Å². The number of para-hydroxylation sites is 1. The minimum Gasteiger partial charge on any atom is -0.468 e. The van der Waals surface area contributed by atoms with Crippen LogP contribution in [0.1, 0.15) is 5.56 Å². The maximum absolute atomic E-state index is 10.4. The summed E-state index contributed by atoms with van der Waals surface area (Å²) >= 11 is 0. The van der Waals surface area contributed by atoms with Crippen LogP contribution in [0.3, 0.4) is 0 Å². The molecule has 2 aromatic carbocycles. The molecule has 0 amide bonds. The normalized spacial score (nSPS) is 10.3. The summed E-state index contributed by atoms with van der Waals surface area (Å²) in [7, 11) is 0. The summed E-state index contributed by atoms with van der Waals surface area (Å²) in [4.78, 5) is 10.4. The molecule has 0 aliphatic heterocycles. The van der Waals surface area contributed by atoms with Gasteiger partial charge in [-0.05, 0) is 12.1 Å². The summed E-state index contributed by atoms with van der Waals surface area (Å²) in [6, 6.07) is 19.5. The third-order valence-electron chi connectivity index (χ3n) is 3.40. The molecule has 0 aliphatic rings. The minimum atomic E-state index is 0.272. The van der Waals surface area contributed by atoms with E-state index in [0.29, 0.717) is 18.8 Å². The van der Waals surface area contributed by atoms with Gasteiger partial charge in [0.2, 0.25) is 5.88 Å². The molecule has 5 nitrogen and oxygen atoms in total. The summed E-state index contributed by atoms with van der Waals surface area (Å²) < 4.78 is 10.3. The van der Waals surface area contributed by atoms with Crippen molar-refractivity contribution >= 4 is 18.0 Å². The Kier molecular flexibility index (Phi) is 4.69. The topological polar surface area (TPSA) is 64.4 Å².